The van der Waals surface area contributed by atoms with Gasteiger partial charge in [-0.1, -0.05) is 24.3 Å². The molecule has 0 aliphatic carbocycles. The summed E-state index contributed by atoms with van der Waals surface area (Å²) in [5.41, 5.74) is 5.27. The zero-order valence-corrected chi connectivity index (χ0v) is 21.3. The number of methoxy groups -OCH3 is 2. The fourth-order valence-electron chi connectivity index (χ4n) is 5.93. The minimum atomic E-state index is -0.317. The minimum absolute atomic E-state index is 0.317. The summed E-state index contributed by atoms with van der Waals surface area (Å²) in [4.78, 5) is 21.7. The number of ether oxygens (including phenoxy) is 2. The lowest BCUT2D eigenvalue weighted by atomic mass is 10.1. The Kier molecular flexibility index (Phi) is 6.30. The highest BCUT2D eigenvalue weighted by molar-refractivity contribution is 5.91. The molecule has 2 bridgehead atoms. The van der Waals surface area contributed by atoms with Gasteiger partial charge in [0.1, 0.15) is 11.4 Å². The highest BCUT2D eigenvalue weighted by Crippen LogP contribution is 2.36. The van der Waals surface area contributed by atoms with E-state index < -0.39 is 0 Å². The molecular weight excluding hydrogens is 464 g/mol. The maximum atomic E-state index is 11.7. The Morgan fingerprint density at radius 3 is 2.24 bits per heavy atom. The van der Waals surface area contributed by atoms with Crippen molar-refractivity contribution in [3.63, 3.8) is 0 Å². The highest BCUT2D eigenvalue weighted by Gasteiger charge is 2.40. The molecule has 2 aliphatic rings. The lowest BCUT2D eigenvalue weighted by molar-refractivity contribution is 0.0600. The molecule has 2 aromatic heterocycles. The predicted octanol–water partition coefficient (Wildman–Crippen LogP) is 4.73. The molecule has 2 unspecified atom stereocenters. The molecule has 0 amide bonds. The van der Waals surface area contributed by atoms with Crippen LogP contribution in [0.1, 0.15) is 34.3 Å². The molecule has 7 heteroatoms. The van der Waals surface area contributed by atoms with Crippen molar-refractivity contribution in [2.75, 3.05) is 32.2 Å². The van der Waals surface area contributed by atoms with Crippen molar-refractivity contribution in [3.8, 4) is 5.75 Å². The Bertz CT molecular complexity index is 1380. The van der Waals surface area contributed by atoms with Crippen LogP contribution in [0.3, 0.4) is 0 Å². The van der Waals surface area contributed by atoms with Crippen molar-refractivity contribution < 1.29 is 14.3 Å². The van der Waals surface area contributed by atoms with Gasteiger partial charge in [0.25, 0.3) is 0 Å². The molecule has 2 fully saturated rings. The van der Waals surface area contributed by atoms with E-state index in [1.807, 2.05) is 30.5 Å². The first kappa shape index (κ1) is 23.6. The molecule has 0 spiro atoms. The van der Waals surface area contributed by atoms with Crippen LogP contribution in [0.2, 0.25) is 0 Å². The van der Waals surface area contributed by atoms with Crippen molar-refractivity contribution in [2.24, 2.45) is 0 Å². The monoisotopic (exact) mass is 496 g/mol. The number of carbonyl (C=O) groups excluding carboxylic acids is 1. The number of hydrogen-bond acceptors (Lipinski definition) is 6. The van der Waals surface area contributed by atoms with Crippen LogP contribution >= 0.6 is 0 Å². The van der Waals surface area contributed by atoms with E-state index in [0.717, 1.165) is 36.6 Å². The first-order valence-corrected chi connectivity index (χ1v) is 12.9. The molecule has 6 rings (SSSR count). The van der Waals surface area contributed by atoms with Crippen molar-refractivity contribution in [3.05, 3.63) is 89.7 Å². The van der Waals surface area contributed by atoms with Gasteiger partial charge in [-0.15, -0.1) is 0 Å². The van der Waals surface area contributed by atoms with Crippen molar-refractivity contribution in [1.29, 1.82) is 0 Å². The Labute approximate surface area is 217 Å². The number of pyridine rings is 1. The van der Waals surface area contributed by atoms with Crippen LogP contribution in [-0.2, 0) is 17.8 Å². The Balaban J connectivity index is 1.18. The van der Waals surface area contributed by atoms with Crippen molar-refractivity contribution in [2.45, 2.75) is 38.0 Å². The fourth-order valence-corrected chi connectivity index (χ4v) is 5.93. The lowest BCUT2D eigenvalue weighted by Crippen LogP contribution is -2.53. The third-order valence-corrected chi connectivity index (χ3v) is 7.87. The first-order chi connectivity index (χ1) is 18.1. The van der Waals surface area contributed by atoms with Gasteiger partial charge in [0.05, 0.1) is 19.8 Å². The highest BCUT2D eigenvalue weighted by atomic mass is 16.5. The summed E-state index contributed by atoms with van der Waals surface area (Å²) in [5.74, 6) is 0.589. The number of fused-ring (bicyclic) bond motifs is 3. The van der Waals surface area contributed by atoms with Gasteiger partial charge in [0.2, 0.25) is 0 Å². The average molecular weight is 497 g/mol. The van der Waals surface area contributed by atoms with E-state index in [1.165, 1.54) is 36.6 Å². The van der Waals surface area contributed by atoms with Gasteiger partial charge in [0.15, 0.2) is 0 Å². The Morgan fingerprint density at radius 1 is 0.892 bits per heavy atom. The summed E-state index contributed by atoms with van der Waals surface area (Å²) in [7, 11) is 3.11. The molecule has 2 atom stereocenters. The number of piperazine rings is 1. The van der Waals surface area contributed by atoms with Gasteiger partial charge in [-0.3, -0.25) is 4.90 Å². The molecule has 2 aromatic carbocycles. The lowest BCUT2D eigenvalue weighted by Gasteiger charge is -2.42. The van der Waals surface area contributed by atoms with Gasteiger partial charge >= 0.3 is 5.97 Å². The summed E-state index contributed by atoms with van der Waals surface area (Å²) < 4.78 is 12.3. The van der Waals surface area contributed by atoms with Crippen molar-refractivity contribution >= 4 is 22.7 Å². The van der Waals surface area contributed by atoms with Gasteiger partial charge < -0.3 is 18.9 Å². The number of rotatable bonds is 7. The van der Waals surface area contributed by atoms with Crippen molar-refractivity contribution in [1.82, 2.24) is 14.5 Å². The number of benzene rings is 2. The fraction of sp³-hybridized carbons (Fsp3) is 0.333. The maximum Gasteiger partial charge on any atom is 0.337 e. The topological polar surface area (TPSA) is 59.8 Å². The van der Waals surface area contributed by atoms with E-state index in [4.69, 9.17) is 14.5 Å². The first-order valence-electron chi connectivity index (χ1n) is 12.9. The van der Waals surface area contributed by atoms with Crippen LogP contribution < -0.4 is 9.64 Å². The van der Waals surface area contributed by atoms with Gasteiger partial charge in [-0.25, -0.2) is 9.78 Å². The van der Waals surface area contributed by atoms with E-state index in [1.54, 1.807) is 7.11 Å². The van der Waals surface area contributed by atoms with Gasteiger partial charge in [-0.2, -0.15) is 0 Å². The quantitative estimate of drug-likeness (QED) is 0.345. The second-order valence-corrected chi connectivity index (χ2v) is 10.0. The number of hydrogen-bond donors (Lipinski definition) is 0. The summed E-state index contributed by atoms with van der Waals surface area (Å²) in [6.07, 6.45) is 6.53. The zero-order valence-electron chi connectivity index (χ0n) is 21.3. The van der Waals surface area contributed by atoms with E-state index >= 15 is 0 Å². The molecular formula is C30H32N4O3. The SMILES string of the molecule is COC(=O)c1ccc(Cn2ccc3c(N4CC5CCC(C4)N5Cc4ccc(OC)cc4)ccnc32)cc1. The number of aromatic nitrogens is 2. The van der Waals surface area contributed by atoms with Gasteiger partial charge in [0, 0.05) is 61.7 Å². The van der Waals surface area contributed by atoms with Crippen LogP contribution in [0.25, 0.3) is 11.0 Å². The molecule has 2 saturated heterocycles. The summed E-state index contributed by atoms with van der Waals surface area (Å²) in [6.45, 7) is 3.75. The largest absolute Gasteiger partial charge is 0.497 e. The Morgan fingerprint density at radius 2 is 1.57 bits per heavy atom. The molecule has 7 nitrogen and oxygen atoms in total. The number of anilines is 1. The van der Waals surface area contributed by atoms with Crippen LogP contribution in [0.5, 0.6) is 5.75 Å². The van der Waals surface area contributed by atoms with Gasteiger partial charge in [-0.05, 0) is 60.4 Å². The second kappa shape index (κ2) is 9.90. The van der Waals surface area contributed by atoms with Crippen LogP contribution in [0.4, 0.5) is 5.69 Å². The number of esters is 1. The normalized spacial score (nSPS) is 19.4. The van der Waals surface area contributed by atoms with E-state index in [9.17, 15) is 4.79 Å². The molecule has 190 valence electrons. The molecule has 4 aromatic rings. The standard InChI is InChI=1S/C30H32N4O3/c1-36-26-11-5-22(6-12-26)18-34-24-9-10-25(34)20-33(19-24)28-13-15-31-29-27(28)14-16-32(29)17-21-3-7-23(8-4-21)30(35)37-2/h3-8,11-16,24-25H,9-10,17-20H2,1-2H3. The molecule has 0 saturated carbocycles. The van der Waals surface area contributed by atoms with Crippen LogP contribution in [0.15, 0.2) is 73.1 Å². The average Bonchev–Trinajstić information content (AvgIpc) is 3.44. The molecule has 4 heterocycles. The van der Waals surface area contributed by atoms with E-state index in [-0.39, 0.29) is 5.97 Å². The zero-order chi connectivity index (χ0) is 25.4. The minimum Gasteiger partial charge on any atom is -0.497 e. The Hall–Kier alpha value is -3.84. The third kappa shape index (κ3) is 4.55. The summed E-state index contributed by atoms with van der Waals surface area (Å²) in [5, 5.41) is 1.19. The molecule has 0 N–H and O–H groups in total. The molecule has 37 heavy (non-hydrogen) atoms. The van der Waals surface area contributed by atoms with E-state index in [0.29, 0.717) is 24.2 Å². The maximum absolute atomic E-state index is 11.7. The number of carbonyl (C=O) groups is 1. The predicted molar refractivity (Wildman–Crippen MR) is 144 cm³/mol. The third-order valence-electron chi connectivity index (χ3n) is 7.87. The smallest absolute Gasteiger partial charge is 0.337 e. The second-order valence-electron chi connectivity index (χ2n) is 10.0. The van der Waals surface area contributed by atoms with E-state index in [2.05, 4.69) is 57.0 Å². The summed E-state index contributed by atoms with van der Waals surface area (Å²) >= 11 is 0. The van der Waals surface area contributed by atoms with Crippen LogP contribution in [-0.4, -0.2) is 59.8 Å². The molecule has 2 aliphatic heterocycles. The summed E-state index contributed by atoms with van der Waals surface area (Å²) in [6, 6.07) is 21.5. The van der Waals surface area contributed by atoms with Crippen LogP contribution in [0, 0.1) is 0 Å². The number of nitrogens with zero attached hydrogens (tertiary/aromatic N) is 4. The molecule has 0 radical (unpaired) electrons.